The first-order valence-electron chi connectivity index (χ1n) is 5.92. The second-order valence-corrected chi connectivity index (χ2v) is 4.07. The highest BCUT2D eigenvalue weighted by atomic mass is 16.5. The van der Waals surface area contributed by atoms with Gasteiger partial charge >= 0.3 is 0 Å². The summed E-state index contributed by atoms with van der Waals surface area (Å²) in [6.07, 6.45) is 3.65. The van der Waals surface area contributed by atoms with Crippen molar-refractivity contribution in [2.45, 2.75) is 52.4 Å². The quantitative estimate of drug-likeness (QED) is 0.808. The van der Waals surface area contributed by atoms with Crippen LogP contribution in [-0.2, 0) is 11.3 Å². The van der Waals surface area contributed by atoms with Gasteiger partial charge in [0.15, 0.2) is 0 Å². The number of aliphatic hydroxyl groups excluding tert-OH is 1. The molecule has 0 aromatic carbocycles. The van der Waals surface area contributed by atoms with Crippen molar-refractivity contribution < 1.29 is 9.84 Å². The summed E-state index contributed by atoms with van der Waals surface area (Å²) in [6.45, 7) is 9.30. The number of nitrogens with zero attached hydrogens (tertiary/aromatic N) is 2. The van der Waals surface area contributed by atoms with Crippen LogP contribution >= 0.6 is 0 Å². The highest BCUT2D eigenvalue weighted by Gasteiger charge is 2.35. The predicted molar refractivity (Wildman–Crippen MR) is 63.2 cm³/mol. The minimum Gasteiger partial charge on any atom is -0.382 e. The van der Waals surface area contributed by atoms with Crippen LogP contribution in [0, 0.1) is 0 Å². The van der Waals surface area contributed by atoms with Crippen LogP contribution in [0.5, 0.6) is 0 Å². The first kappa shape index (κ1) is 13.2. The molecule has 4 nitrogen and oxygen atoms in total. The number of rotatable bonds is 6. The van der Waals surface area contributed by atoms with E-state index >= 15 is 0 Å². The first-order chi connectivity index (χ1) is 7.59. The number of aliphatic hydroxyl groups is 1. The summed E-state index contributed by atoms with van der Waals surface area (Å²) in [5.41, 5.74) is -0.562. The summed E-state index contributed by atoms with van der Waals surface area (Å²) < 4.78 is 7.60. The summed E-state index contributed by atoms with van der Waals surface area (Å²) in [5.74, 6) is 0.681. The van der Waals surface area contributed by atoms with Crippen molar-refractivity contribution >= 4 is 0 Å². The van der Waals surface area contributed by atoms with Crippen LogP contribution < -0.4 is 0 Å². The molecule has 0 amide bonds. The molecule has 0 aliphatic heterocycles. The molecular formula is C12H22N2O2. The largest absolute Gasteiger partial charge is 0.382 e. The Kier molecular flexibility index (Phi) is 4.50. The van der Waals surface area contributed by atoms with Crippen molar-refractivity contribution in [1.82, 2.24) is 9.55 Å². The van der Waals surface area contributed by atoms with Gasteiger partial charge in [-0.05, 0) is 27.2 Å². The molecule has 0 saturated heterocycles. The number of aryl methyl sites for hydroxylation is 1. The minimum atomic E-state index is -0.688. The van der Waals surface area contributed by atoms with E-state index in [1.54, 1.807) is 6.20 Å². The zero-order chi connectivity index (χ0) is 12.2. The zero-order valence-electron chi connectivity index (χ0n) is 10.6. The molecule has 1 aromatic rings. The maximum Gasteiger partial charge on any atom is 0.140 e. The van der Waals surface area contributed by atoms with Gasteiger partial charge in [-0.25, -0.2) is 4.98 Å². The maximum absolute atomic E-state index is 10.4. The zero-order valence-corrected chi connectivity index (χ0v) is 10.6. The number of ether oxygens (including phenoxy) is 1. The van der Waals surface area contributed by atoms with Crippen LogP contribution in [0.15, 0.2) is 12.4 Å². The van der Waals surface area contributed by atoms with Gasteiger partial charge in [-0.1, -0.05) is 6.92 Å². The van der Waals surface area contributed by atoms with E-state index in [2.05, 4.69) is 4.98 Å². The van der Waals surface area contributed by atoms with Crippen molar-refractivity contribution in [1.29, 1.82) is 0 Å². The molecule has 4 heteroatoms. The Hall–Kier alpha value is -0.870. The Morgan fingerprint density at radius 2 is 2.19 bits per heavy atom. The predicted octanol–water partition coefficient (Wildman–Crippen LogP) is 2.14. The molecule has 92 valence electrons. The highest BCUT2D eigenvalue weighted by molar-refractivity contribution is 5.03. The van der Waals surface area contributed by atoms with E-state index in [1.165, 1.54) is 0 Å². The lowest BCUT2D eigenvalue weighted by molar-refractivity contribution is -0.117. The van der Waals surface area contributed by atoms with Crippen LogP contribution in [0.25, 0.3) is 0 Å². The van der Waals surface area contributed by atoms with E-state index in [0.29, 0.717) is 12.4 Å². The van der Waals surface area contributed by atoms with Gasteiger partial charge in [0.2, 0.25) is 0 Å². The fraction of sp³-hybridized carbons (Fsp3) is 0.750. The SMILES string of the molecule is CCOC(C)(CC)C(O)c1nccn1CC. The third kappa shape index (κ3) is 2.44. The molecule has 1 N–H and O–H groups in total. The summed E-state index contributed by atoms with van der Waals surface area (Å²) >= 11 is 0. The lowest BCUT2D eigenvalue weighted by Gasteiger charge is -2.33. The molecule has 1 rings (SSSR count). The molecule has 0 aliphatic carbocycles. The second-order valence-electron chi connectivity index (χ2n) is 4.07. The lowest BCUT2D eigenvalue weighted by Crippen LogP contribution is -2.37. The highest BCUT2D eigenvalue weighted by Crippen LogP contribution is 2.31. The van der Waals surface area contributed by atoms with Crippen molar-refractivity contribution in [2.24, 2.45) is 0 Å². The molecule has 2 unspecified atom stereocenters. The van der Waals surface area contributed by atoms with Gasteiger partial charge < -0.3 is 14.4 Å². The topological polar surface area (TPSA) is 47.3 Å². The summed E-state index contributed by atoms with van der Waals surface area (Å²) in [5, 5.41) is 10.4. The minimum absolute atomic E-state index is 0.562. The fourth-order valence-electron chi connectivity index (χ4n) is 1.81. The van der Waals surface area contributed by atoms with Crippen LogP contribution in [0.3, 0.4) is 0 Å². The molecule has 0 saturated carbocycles. The monoisotopic (exact) mass is 226 g/mol. The van der Waals surface area contributed by atoms with Gasteiger partial charge in [-0.3, -0.25) is 0 Å². The van der Waals surface area contributed by atoms with Crippen molar-refractivity contribution in [3.8, 4) is 0 Å². The van der Waals surface area contributed by atoms with Gasteiger partial charge in [0.25, 0.3) is 0 Å². The smallest absolute Gasteiger partial charge is 0.140 e. The second kappa shape index (κ2) is 5.46. The van der Waals surface area contributed by atoms with Gasteiger partial charge in [0.1, 0.15) is 11.9 Å². The average molecular weight is 226 g/mol. The van der Waals surface area contributed by atoms with Crippen molar-refractivity contribution in [2.75, 3.05) is 6.61 Å². The summed E-state index contributed by atoms with van der Waals surface area (Å²) in [4.78, 5) is 4.22. The molecular weight excluding hydrogens is 204 g/mol. The number of hydrogen-bond acceptors (Lipinski definition) is 3. The molecule has 2 atom stereocenters. The normalized spacial score (nSPS) is 17.1. The third-order valence-corrected chi connectivity index (χ3v) is 3.09. The number of imidazole rings is 1. The molecule has 16 heavy (non-hydrogen) atoms. The standard InChI is InChI=1S/C12H22N2O2/c1-5-12(4,16-7-3)10(15)11-13-8-9-14(11)6-2/h8-10,15H,5-7H2,1-4H3. The van der Waals surface area contributed by atoms with Gasteiger partial charge in [-0.15, -0.1) is 0 Å². The number of hydrogen-bond donors (Lipinski definition) is 1. The van der Waals surface area contributed by atoms with Gasteiger partial charge in [-0.2, -0.15) is 0 Å². The van der Waals surface area contributed by atoms with Crippen molar-refractivity contribution in [3.63, 3.8) is 0 Å². The Morgan fingerprint density at radius 1 is 1.50 bits per heavy atom. The molecule has 0 aliphatic rings. The Balaban J connectivity index is 2.94. The molecule has 0 spiro atoms. The summed E-state index contributed by atoms with van der Waals surface area (Å²) in [7, 11) is 0. The van der Waals surface area contributed by atoms with E-state index in [9.17, 15) is 5.11 Å². The lowest BCUT2D eigenvalue weighted by atomic mass is 9.95. The third-order valence-electron chi connectivity index (χ3n) is 3.09. The Morgan fingerprint density at radius 3 is 2.69 bits per heavy atom. The van der Waals surface area contributed by atoms with E-state index in [-0.39, 0.29) is 0 Å². The fourth-order valence-corrected chi connectivity index (χ4v) is 1.81. The van der Waals surface area contributed by atoms with E-state index in [1.807, 2.05) is 38.5 Å². The Labute approximate surface area is 97.3 Å². The van der Waals surface area contributed by atoms with Crippen LogP contribution in [0.2, 0.25) is 0 Å². The van der Waals surface area contributed by atoms with E-state index in [4.69, 9.17) is 4.74 Å². The first-order valence-corrected chi connectivity index (χ1v) is 5.92. The average Bonchev–Trinajstić information content (AvgIpc) is 2.76. The van der Waals surface area contributed by atoms with Crippen LogP contribution in [0.1, 0.15) is 46.0 Å². The van der Waals surface area contributed by atoms with E-state index in [0.717, 1.165) is 13.0 Å². The molecule has 0 bridgehead atoms. The molecule has 1 heterocycles. The van der Waals surface area contributed by atoms with Gasteiger partial charge in [0.05, 0.1) is 5.60 Å². The molecule has 0 fully saturated rings. The molecule has 0 radical (unpaired) electrons. The van der Waals surface area contributed by atoms with E-state index < -0.39 is 11.7 Å². The Bertz CT molecular complexity index is 325. The van der Waals surface area contributed by atoms with Crippen LogP contribution in [0.4, 0.5) is 0 Å². The van der Waals surface area contributed by atoms with Crippen LogP contribution in [-0.4, -0.2) is 26.9 Å². The number of aromatic nitrogens is 2. The summed E-state index contributed by atoms with van der Waals surface area (Å²) in [6, 6.07) is 0. The molecule has 1 aromatic heterocycles. The maximum atomic E-state index is 10.4. The van der Waals surface area contributed by atoms with Crippen molar-refractivity contribution in [3.05, 3.63) is 18.2 Å². The van der Waals surface area contributed by atoms with Gasteiger partial charge in [0, 0.05) is 25.5 Å².